The molecular weight excluding hydrogens is 267 g/mol. The van der Waals surface area contributed by atoms with Crippen LogP contribution >= 0.6 is 23.2 Å². The number of rotatable bonds is 3. The zero-order valence-corrected chi connectivity index (χ0v) is 11.0. The van der Waals surface area contributed by atoms with E-state index in [1.54, 1.807) is 12.1 Å². The van der Waals surface area contributed by atoms with Crippen LogP contribution in [-0.4, -0.2) is 0 Å². The fraction of sp³-hybridized carbons (Fsp3) is 0.0714. The minimum atomic E-state index is 0.532. The van der Waals surface area contributed by atoms with E-state index >= 15 is 0 Å². The highest BCUT2D eigenvalue weighted by atomic mass is 35.5. The first kappa shape index (κ1) is 12.8. The highest BCUT2D eigenvalue weighted by molar-refractivity contribution is 6.42. The number of nitriles is 1. The lowest BCUT2D eigenvalue weighted by Gasteiger charge is -2.08. The first-order chi connectivity index (χ1) is 8.70. The van der Waals surface area contributed by atoms with E-state index in [-0.39, 0.29) is 0 Å². The second kappa shape index (κ2) is 5.77. The smallest absolute Gasteiger partial charge is 0.101 e. The molecule has 0 radical (unpaired) electrons. The van der Waals surface area contributed by atoms with Gasteiger partial charge in [-0.2, -0.15) is 5.26 Å². The number of benzene rings is 2. The van der Waals surface area contributed by atoms with E-state index in [0.717, 1.165) is 11.3 Å². The molecule has 0 heterocycles. The lowest BCUT2D eigenvalue weighted by molar-refractivity contribution is 1.15. The highest BCUT2D eigenvalue weighted by Gasteiger charge is 2.02. The van der Waals surface area contributed by atoms with Gasteiger partial charge in [0.2, 0.25) is 0 Å². The van der Waals surface area contributed by atoms with Crippen LogP contribution in [0.1, 0.15) is 11.1 Å². The van der Waals surface area contributed by atoms with Crippen LogP contribution in [0.25, 0.3) is 0 Å². The van der Waals surface area contributed by atoms with Crippen LogP contribution < -0.4 is 5.32 Å². The third kappa shape index (κ3) is 2.95. The number of nitrogens with one attached hydrogen (secondary N) is 1. The Morgan fingerprint density at radius 2 is 1.83 bits per heavy atom. The monoisotopic (exact) mass is 276 g/mol. The molecular formula is C14H10Cl2N2. The number of hydrogen-bond acceptors (Lipinski definition) is 2. The van der Waals surface area contributed by atoms with Crippen molar-refractivity contribution in [3.05, 3.63) is 63.6 Å². The molecule has 0 atom stereocenters. The van der Waals surface area contributed by atoms with Gasteiger partial charge in [-0.05, 0) is 29.8 Å². The largest absolute Gasteiger partial charge is 0.380 e. The van der Waals surface area contributed by atoms with Gasteiger partial charge in [0, 0.05) is 6.54 Å². The molecule has 0 fully saturated rings. The summed E-state index contributed by atoms with van der Waals surface area (Å²) in [6.07, 6.45) is 0. The van der Waals surface area contributed by atoms with Gasteiger partial charge in [-0.25, -0.2) is 0 Å². The predicted molar refractivity (Wildman–Crippen MR) is 74.9 cm³/mol. The summed E-state index contributed by atoms with van der Waals surface area (Å²) in [6.45, 7) is 0.593. The summed E-state index contributed by atoms with van der Waals surface area (Å²) in [6, 6.07) is 15.0. The third-order valence-electron chi connectivity index (χ3n) is 2.51. The minimum Gasteiger partial charge on any atom is -0.380 e. The average Bonchev–Trinajstić information content (AvgIpc) is 2.40. The van der Waals surface area contributed by atoms with Crippen molar-refractivity contribution in [2.45, 2.75) is 6.54 Å². The molecule has 0 spiro atoms. The molecule has 0 bridgehead atoms. The molecule has 0 saturated heterocycles. The zero-order chi connectivity index (χ0) is 13.0. The van der Waals surface area contributed by atoms with Crippen molar-refractivity contribution in [3.8, 4) is 6.07 Å². The predicted octanol–water partition coefficient (Wildman–Crippen LogP) is 4.48. The summed E-state index contributed by atoms with van der Waals surface area (Å²) in [5.74, 6) is 0. The maximum atomic E-state index is 8.97. The van der Waals surface area contributed by atoms with Gasteiger partial charge in [0.15, 0.2) is 0 Å². The molecule has 0 aromatic heterocycles. The quantitative estimate of drug-likeness (QED) is 0.898. The molecule has 0 amide bonds. The van der Waals surface area contributed by atoms with Crippen LogP contribution in [0.2, 0.25) is 10.0 Å². The molecule has 18 heavy (non-hydrogen) atoms. The number of anilines is 1. The van der Waals surface area contributed by atoms with Crippen LogP contribution in [0.15, 0.2) is 42.5 Å². The summed E-state index contributed by atoms with van der Waals surface area (Å²) in [4.78, 5) is 0. The fourth-order valence-corrected chi connectivity index (χ4v) is 1.90. The zero-order valence-electron chi connectivity index (χ0n) is 9.45. The lowest BCUT2D eigenvalue weighted by Crippen LogP contribution is -2.01. The Bertz CT molecular complexity index is 603. The van der Waals surface area contributed by atoms with Crippen LogP contribution in [0.3, 0.4) is 0 Å². The van der Waals surface area contributed by atoms with Gasteiger partial charge in [0.05, 0.1) is 21.3 Å². The van der Waals surface area contributed by atoms with Crippen molar-refractivity contribution in [1.82, 2.24) is 0 Å². The molecule has 0 aliphatic carbocycles. The molecule has 0 unspecified atom stereocenters. The third-order valence-corrected chi connectivity index (χ3v) is 3.25. The van der Waals surface area contributed by atoms with Crippen LogP contribution in [0.4, 0.5) is 5.69 Å². The number of halogens is 2. The molecule has 2 aromatic carbocycles. The maximum Gasteiger partial charge on any atom is 0.101 e. The highest BCUT2D eigenvalue weighted by Crippen LogP contribution is 2.23. The normalized spacial score (nSPS) is 9.83. The van der Waals surface area contributed by atoms with Crippen molar-refractivity contribution in [2.24, 2.45) is 0 Å². The summed E-state index contributed by atoms with van der Waals surface area (Å²) in [7, 11) is 0. The fourth-order valence-electron chi connectivity index (χ4n) is 1.58. The summed E-state index contributed by atoms with van der Waals surface area (Å²) in [5, 5.41) is 13.2. The van der Waals surface area contributed by atoms with E-state index in [9.17, 15) is 0 Å². The Morgan fingerprint density at radius 1 is 1.06 bits per heavy atom. The van der Waals surface area contributed by atoms with Crippen molar-refractivity contribution in [2.75, 3.05) is 5.32 Å². The molecule has 2 nitrogen and oxygen atoms in total. The second-order valence-corrected chi connectivity index (χ2v) is 4.57. The Morgan fingerprint density at radius 3 is 2.56 bits per heavy atom. The van der Waals surface area contributed by atoms with E-state index in [1.165, 1.54) is 0 Å². The van der Waals surface area contributed by atoms with Gasteiger partial charge in [0.1, 0.15) is 6.07 Å². The molecule has 2 rings (SSSR count). The number of nitrogens with zero attached hydrogens (tertiary/aromatic N) is 1. The van der Waals surface area contributed by atoms with Gasteiger partial charge < -0.3 is 5.32 Å². The Balaban J connectivity index is 2.12. The Labute approximate surface area is 116 Å². The Kier molecular flexibility index (Phi) is 4.09. The van der Waals surface area contributed by atoms with E-state index in [4.69, 9.17) is 28.5 Å². The number of hydrogen-bond donors (Lipinski definition) is 1. The van der Waals surface area contributed by atoms with Crippen molar-refractivity contribution in [1.29, 1.82) is 5.26 Å². The van der Waals surface area contributed by atoms with E-state index in [1.807, 2.05) is 30.3 Å². The van der Waals surface area contributed by atoms with Gasteiger partial charge in [-0.15, -0.1) is 0 Å². The van der Waals surface area contributed by atoms with E-state index in [2.05, 4.69) is 11.4 Å². The molecule has 90 valence electrons. The topological polar surface area (TPSA) is 35.8 Å². The van der Waals surface area contributed by atoms with Crippen LogP contribution in [0, 0.1) is 11.3 Å². The first-order valence-corrected chi connectivity index (χ1v) is 6.13. The number of para-hydroxylation sites is 1. The standard InChI is InChI=1S/C14H10Cl2N2/c15-12-6-5-10(7-13(12)16)9-18-14-4-2-1-3-11(14)8-17/h1-7,18H,9H2. The van der Waals surface area contributed by atoms with Crippen molar-refractivity contribution >= 4 is 28.9 Å². The van der Waals surface area contributed by atoms with Crippen molar-refractivity contribution in [3.63, 3.8) is 0 Å². The van der Waals surface area contributed by atoms with Gasteiger partial charge in [0.25, 0.3) is 0 Å². The maximum absolute atomic E-state index is 8.97. The molecule has 0 aliphatic heterocycles. The van der Waals surface area contributed by atoms with Gasteiger partial charge in [-0.3, -0.25) is 0 Å². The molecule has 1 N–H and O–H groups in total. The molecule has 0 saturated carbocycles. The second-order valence-electron chi connectivity index (χ2n) is 3.76. The SMILES string of the molecule is N#Cc1ccccc1NCc1ccc(Cl)c(Cl)c1. The van der Waals surface area contributed by atoms with Crippen molar-refractivity contribution < 1.29 is 0 Å². The van der Waals surface area contributed by atoms with Gasteiger partial charge in [-0.1, -0.05) is 41.4 Å². The molecule has 0 aliphatic rings. The Hall–Kier alpha value is -1.69. The van der Waals surface area contributed by atoms with Crippen LogP contribution in [-0.2, 0) is 6.54 Å². The summed E-state index contributed by atoms with van der Waals surface area (Å²) in [5.41, 5.74) is 2.45. The minimum absolute atomic E-state index is 0.532. The molecule has 4 heteroatoms. The first-order valence-electron chi connectivity index (χ1n) is 5.37. The summed E-state index contributed by atoms with van der Waals surface area (Å²) < 4.78 is 0. The van der Waals surface area contributed by atoms with E-state index < -0.39 is 0 Å². The lowest BCUT2D eigenvalue weighted by atomic mass is 10.1. The van der Waals surface area contributed by atoms with E-state index in [0.29, 0.717) is 22.2 Å². The summed E-state index contributed by atoms with van der Waals surface area (Å²) >= 11 is 11.8. The van der Waals surface area contributed by atoms with Crippen LogP contribution in [0.5, 0.6) is 0 Å². The molecule has 2 aromatic rings. The average molecular weight is 277 g/mol. The van der Waals surface area contributed by atoms with Gasteiger partial charge >= 0.3 is 0 Å².